The van der Waals surface area contributed by atoms with Crippen LogP contribution in [-0.2, 0) is 11.5 Å². The molecule has 0 aliphatic carbocycles. The van der Waals surface area contributed by atoms with Crippen molar-refractivity contribution in [1.82, 2.24) is 14.5 Å². The molecule has 3 aromatic rings. The molecule has 0 bridgehead atoms. The maximum atomic E-state index is 6.15. The first-order valence-corrected chi connectivity index (χ1v) is 11.2. The Morgan fingerprint density at radius 1 is 1.08 bits per heavy atom. The summed E-state index contributed by atoms with van der Waals surface area (Å²) < 4.78 is 7.81. The van der Waals surface area contributed by atoms with E-state index in [0.29, 0.717) is 6.73 Å². The van der Waals surface area contributed by atoms with E-state index in [0.717, 1.165) is 34.7 Å². The van der Waals surface area contributed by atoms with Gasteiger partial charge in [-0.1, -0.05) is 30.3 Å². The molecular weight excluding hydrogens is 342 g/mol. The van der Waals surface area contributed by atoms with E-state index in [1.54, 1.807) is 0 Å². The molecular formula is C18H22ClN3OS. The van der Waals surface area contributed by atoms with Crippen molar-refractivity contribution in [3.8, 4) is 11.3 Å². The monoisotopic (exact) mass is 363 g/mol. The average Bonchev–Trinajstić information content (AvgIpc) is 2.93. The van der Waals surface area contributed by atoms with Gasteiger partial charge in [0, 0.05) is 22.9 Å². The van der Waals surface area contributed by atoms with Crippen molar-refractivity contribution in [3.05, 3.63) is 47.9 Å². The van der Waals surface area contributed by atoms with E-state index in [9.17, 15) is 0 Å². The normalized spacial score (nSPS) is 12.7. The zero-order chi connectivity index (χ0) is 17.2. The molecule has 4 nitrogen and oxygen atoms in total. The Kier molecular flexibility index (Phi) is 5.13. The van der Waals surface area contributed by atoms with Crippen LogP contribution in [0.15, 0.2) is 42.6 Å². The summed E-state index contributed by atoms with van der Waals surface area (Å²) in [5.41, 5.74) is 2.68. The van der Waals surface area contributed by atoms with Crippen LogP contribution in [0.4, 0.5) is 0 Å². The summed E-state index contributed by atoms with van der Waals surface area (Å²) in [6, 6.07) is 12.0. The lowest BCUT2D eigenvalue weighted by Crippen LogP contribution is -2.09. The molecule has 0 saturated heterocycles. The van der Waals surface area contributed by atoms with Crippen LogP contribution in [0.1, 0.15) is 0 Å². The van der Waals surface area contributed by atoms with Gasteiger partial charge in [-0.15, -0.1) is 0 Å². The lowest BCUT2D eigenvalue weighted by atomic mass is 10.1. The first kappa shape index (κ1) is 17.3. The fraction of sp³-hybridized carbons (Fsp3) is 0.333. The van der Waals surface area contributed by atoms with Crippen LogP contribution in [0.2, 0.25) is 5.28 Å². The highest BCUT2D eigenvalue weighted by Crippen LogP contribution is 2.33. The predicted octanol–water partition coefficient (Wildman–Crippen LogP) is 4.42. The number of hydrogen-bond donors (Lipinski definition) is 0. The van der Waals surface area contributed by atoms with Gasteiger partial charge in [0.15, 0.2) is 0 Å². The second kappa shape index (κ2) is 7.13. The average molecular weight is 364 g/mol. The summed E-state index contributed by atoms with van der Waals surface area (Å²) in [6.07, 6.45) is 8.85. The van der Waals surface area contributed by atoms with Crippen LogP contribution in [0.5, 0.6) is 0 Å². The molecule has 0 aliphatic heterocycles. The van der Waals surface area contributed by atoms with Crippen molar-refractivity contribution in [1.29, 1.82) is 0 Å². The van der Waals surface area contributed by atoms with Crippen molar-refractivity contribution >= 4 is 32.7 Å². The highest BCUT2D eigenvalue weighted by molar-refractivity contribution is 8.32. The summed E-state index contributed by atoms with van der Waals surface area (Å²) in [6.45, 7) is 1.23. The number of halogens is 1. The van der Waals surface area contributed by atoms with Crippen LogP contribution < -0.4 is 0 Å². The Bertz CT molecular complexity index is 827. The number of fused-ring (bicyclic) bond motifs is 1. The van der Waals surface area contributed by atoms with Crippen molar-refractivity contribution in [2.45, 2.75) is 6.73 Å². The lowest BCUT2D eigenvalue weighted by Gasteiger charge is -2.24. The first-order chi connectivity index (χ1) is 11.4. The summed E-state index contributed by atoms with van der Waals surface area (Å²) in [7, 11) is -0.538. The minimum Gasteiger partial charge on any atom is -0.360 e. The molecule has 2 heterocycles. The first-order valence-electron chi connectivity index (χ1n) is 7.75. The third-order valence-electron chi connectivity index (χ3n) is 3.71. The Labute approximate surface area is 149 Å². The molecule has 0 radical (unpaired) electrons. The van der Waals surface area contributed by atoms with Crippen LogP contribution in [-0.4, -0.2) is 45.7 Å². The predicted molar refractivity (Wildman–Crippen MR) is 104 cm³/mol. The third-order valence-corrected chi connectivity index (χ3v) is 5.27. The smallest absolute Gasteiger partial charge is 0.224 e. The molecule has 0 saturated carbocycles. The zero-order valence-electron chi connectivity index (χ0n) is 14.2. The van der Waals surface area contributed by atoms with Crippen molar-refractivity contribution < 1.29 is 4.74 Å². The molecule has 0 aliphatic rings. The number of aromatic nitrogens is 3. The number of hydrogen-bond acceptors (Lipinski definition) is 3. The minimum absolute atomic E-state index is 0.250. The molecule has 0 unspecified atom stereocenters. The van der Waals surface area contributed by atoms with Gasteiger partial charge in [0.25, 0.3) is 0 Å². The summed E-state index contributed by atoms with van der Waals surface area (Å²) in [5.74, 6) is 1.09. The molecule has 1 aromatic carbocycles. The van der Waals surface area contributed by atoms with Gasteiger partial charge in [0.1, 0.15) is 12.4 Å². The van der Waals surface area contributed by atoms with E-state index < -0.39 is 10.0 Å². The van der Waals surface area contributed by atoms with E-state index in [1.807, 2.05) is 47.2 Å². The lowest BCUT2D eigenvalue weighted by molar-refractivity contribution is 0.0923. The van der Waals surface area contributed by atoms with E-state index >= 15 is 0 Å². The summed E-state index contributed by atoms with van der Waals surface area (Å²) in [5, 5.41) is 1.23. The second-order valence-corrected chi connectivity index (χ2v) is 11.5. The molecule has 0 atom stereocenters. The Balaban J connectivity index is 1.86. The molecule has 0 N–H and O–H groups in total. The molecule has 3 rings (SSSR count). The number of benzene rings is 1. The fourth-order valence-corrected chi connectivity index (χ4v) is 3.21. The Morgan fingerprint density at radius 2 is 1.83 bits per heavy atom. The largest absolute Gasteiger partial charge is 0.360 e. The maximum absolute atomic E-state index is 6.15. The van der Waals surface area contributed by atoms with Gasteiger partial charge in [0.2, 0.25) is 5.28 Å². The number of ether oxygens (including phenoxy) is 1. The minimum atomic E-state index is -0.538. The van der Waals surface area contributed by atoms with Gasteiger partial charge in [0.05, 0.1) is 12.3 Å². The van der Waals surface area contributed by atoms with Gasteiger partial charge in [-0.05, 0) is 36.4 Å². The maximum Gasteiger partial charge on any atom is 0.224 e. The topological polar surface area (TPSA) is 39.9 Å². The molecule has 0 amide bonds. The van der Waals surface area contributed by atoms with Crippen molar-refractivity contribution in [2.75, 3.05) is 31.1 Å². The molecule has 128 valence electrons. The Hall–Kier alpha value is -1.56. The molecule has 6 heteroatoms. The number of nitrogens with zero attached hydrogens (tertiary/aromatic N) is 3. The fourth-order valence-electron chi connectivity index (χ4n) is 2.43. The SMILES string of the molecule is CS(C)(C)CCOCn1ccc2c(-c3ccccc3)nc(Cl)nc21. The van der Waals surface area contributed by atoms with Crippen LogP contribution in [0.25, 0.3) is 22.3 Å². The van der Waals surface area contributed by atoms with Gasteiger partial charge >= 0.3 is 0 Å². The van der Waals surface area contributed by atoms with E-state index in [2.05, 4.69) is 28.7 Å². The van der Waals surface area contributed by atoms with Gasteiger partial charge in [-0.25, -0.2) is 15.0 Å². The van der Waals surface area contributed by atoms with Gasteiger partial charge in [-0.2, -0.15) is 4.98 Å². The van der Waals surface area contributed by atoms with Crippen molar-refractivity contribution in [2.24, 2.45) is 0 Å². The van der Waals surface area contributed by atoms with Gasteiger partial charge in [-0.3, -0.25) is 0 Å². The van der Waals surface area contributed by atoms with Crippen LogP contribution in [0, 0.1) is 0 Å². The van der Waals surface area contributed by atoms with E-state index in [-0.39, 0.29) is 5.28 Å². The molecule has 2 aromatic heterocycles. The number of rotatable bonds is 6. The summed E-state index contributed by atoms with van der Waals surface area (Å²) in [4.78, 5) is 8.81. The van der Waals surface area contributed by atoms with E-state index in [1.165, 1.54) is 0 Å². The molecule has 24 heavy (non-hydrogen) atoms. The molecule has 0 spiro atoms. The zero-order valence-corrected chi connectivity index (χ0v) is 15.8. The summed E-state index contributed by atoms with van der Waals surface area (Å²) >= 11 is 6.15. The second-order valence-electron chi connectivity index (χ2n) is 6.56. The van der Waals surface area contributed by atoms with E-state index in [4.69, 9.17) is 16.3 Å². The Morgan fingerprint density at radius 3 is 2.54 bits per heavy atom. The molecule has 0 fully saturated rings. The standard InChI is InChI=1S/C18H22ClN3OS/c1-24(2,3)12-11-23-13-22-10-9-15-16(14-7-5-4-6-8-14)20-18(19)21-17(15)22/h4-10H,11-13H2,1-3H3. The van der Waals surface area contributed by atoms with Crippen LogP contribution >= 0.6 is 21.6 Å². The van der Waals surface area contributed by atoms with Crippen LogP contribution in [0.3, 0.4) is 0 Å². The van der Waals surface area contributed by atoms with Crippen molar-refractivity contribution in [3.63, 3.8) is 0 Å². The third kappa shape index (κ3) is 4.09. The van der Waals surface area contributed by atoms with Gasteiger partial charge < -0.3 is 9.30 Å². The highest BCUT2D eigenvalue weighted by Gasteiger charge is 2.12. The quantitative estimate of drug-likeness (QED) is 0.480. The highest BCUT2D eigenvalue weighted by atomic mass is 35.5.